The van der Waals surface area contributed by atoms with E-state index >= 15 is 0 Å². The normalized spacial score (nSPS) is 11.8. The van der Waals surface area contributed by atoms with Crippen LogP contribution >= 0.6 is 15.9 Å². The first-order valence-corrected chi connectivity index (χ1v) is 5.95. The summed E-state index contributed by atoms with van der Waals surface area (Å²) in [6, 6.07) is 5.88. The third kappa shape index (κ3) is 2.32. The minimum Gasteiger partial charge on any atom is -0.360 e. The number of hydrogen-bond acceptors (Lipinski definition) is 2. The molecule has 0 aliphatic carbocycles. The van der Waals surface area contributed by atoms with Crippen molar-refractivity contribution in [1.29, 1.82) is 0 Å². The van der Waals surface area contributed by atoms with Crippen molar-refractivity contribution in [2.24, 2.45) is 0 Å². The van der Waals surface area contributed by atoms with Gasteiger partial charge in [0, 0.05) is 11.6 Å². The molecule has 0 unspecified atom stereocenters. The van der Waals surface area contributed by atoms with Crippen molar-refractivity contribution < 1.29 is 0 Å². The summed E-state index contributed by atoms with van der Waals surface area (Å²) < 4.78 is 0.817. The summed E-state index contributed by atoms with van der Waals surface area (Å²) in [5.74, 6) is 0.839. The molecule has 16 heavy (non-hydrogen) atoms. The van der Waals surface area contributed by atoms with Crippen molar-refractivity contribution in [2.45, 2.75) is 26.2 Å². The van der Waals surface area contributed by atoms with Crippen LogP contribution in [0.5, 0.6) is 0 Å². The molecular formula is C12H14BrN3. The van der Waals surface area contributed by atoms with E-state index in [2.05, 4.69) is 51.7 Å². The molecule has 2 aromatic heterocycles. The van der Waals surface area contributed by atoms with Gasteiger partial charge in [0.1, 0.15) is 10.4 Å². The molecule has 0 bridgehead atoms. The Hall–Kier alpha value is -1.16. The predicted molar refractivity (Wildman–Crippen MR) is 68.2 cm³/mol. The largest absolute Gasteiger partial charge is 0.360 e. The minimum atomic E-state index is -0.0505. The van der Waals surface area contributed by atoms with E-state index in [4.69, 9.17) is 0 Å². The number of H-pyrrole nitrogens is 1. The van der Waals surface area contributed by atoms with Gasteiger partial charge in [0.05, 0.1) is 11.4 Å². The van der Waals surface area contributed by atoms with Crippen molar-refractivity contribution >= 4 is 15.9 Å². The quantitative estimate of drug-likeness (QED) is 0.812. The van der Waals surface area contributed by atoms with Gasteiger partial charge in [0.2, 0.25) is 0 Å². The van der Waals surface area contributed by atoms with Crippen LogP contribution in [-0.4, -0.2) is 15.0 Å². The Morgan fingerprint density at radius 1 is 1.25 bits per heavy atom. The molecule has 2 heterocycles. The van der Waals surface area contributed by atoms with E-state index < -0.39 is 0 Å². The Bertz CT molecular complexity index is 483. The number of halogens is 1. The summed E-state index contributed by atoms with van der Waals surface area (Å²) in [4.78, 5) is 12.1. The Morgan fingerprint density at radius 2 is 2.00 bits per heavy atom. The smallest absolute Gasteiger partial charge is 0.135 e. The molecule has 0 saturated carbocycles. The van der Waals surface area contributed by atoms with Crippen LogP contribution in [0.1, 0.15) is 26.6 Å². The highest BCUT2D eigenvalue weighted by Crippen LogP contribution is 2.24. The minimum absolute atomic E-state index is 0.0505. The van der Waals surface area contributed by atoms with Gasteiger partial charge in [-0.15, -0.1) is 0 Å². The molecule has 4 heteroatoms. The molecule has 0 aliphatic heterocycles. The van der Waals surface area contributed by atoms with Gasteiger partial charge in [-0.2, -0.15) is 0 Å². The summed E-state index contributed by atoms with van der Waals surface area (Å²) in [6.45, 7) is 6.31. The van der Waals surface area contributed by atoms with Crippen LogP contribution in [0.15, 0.2) is 29.0 Å². The standard InChI is InChI=1S/C12H14BrN3/c1-12(2,3)11-15-9(7-10(13)16-11)8-5-4-6-14-8/h4-7,14H,1-3H3. The zero-order valence-electron chi connectivity index (χ0n) is 9.58. The van der Waals surface area contributed by atoms with E-state index in [0.717, 1.165) is 21.8 Å². The van der Waals surface area contributed by atoms with Crippen LogP contribution in [0, 0.1) is 0 Å². The fourth-order valence-corrected chi connectivity index (χ4v) is 1.77. The van der Waals surface area contributed by atoms with Gasteiger partial charge < -0.3 is 4.98 Å². The zero-order chi connectivity index (χ0) is 11.8. The molecule has 0 spiro atoms. The fraction of sp³-hybridized carbons (Fsp3) is 0.333. The maximum absolute atomic E-state index is 4.57. The van der Waals surface area contributed by atoms with Crippen molar-refractivity contribution in [1.82, 2.24) is 15.0 Å². The van der Waals surface area contributed by atoms with E-state index in [9.17, 15) is 0 Å². The molecule has 0 radical (unpaired) electrons. The van der Waals surface area contributed by atoms with Crippen LogP contribution < -0.4 is 0 Å². The second kappa shape index (κ2) is 4.01. The molecule has 0 saturated heterocycles. The SMILES string of the molecule is CC(C)(C)c1nc(Br)cc(-c2ccc[nH]2)n1. The highest BCUT2D eigenvalue weighted by molar-refractivity contribution is 9.10. The fourth-order valence-electron chi connectivity index (χ4n) is 1.38. The number of rotatable bonds is 1. The average molecular weight is 280 g/mol. The van der Waals surface area contributed by atoms with E-state index in [1.807, 2.05) is 24.4 Å². The summed E-state index contributed by atoms with van der Waals surface area (Å²) in [7, 11) is 0. The Balaban J connectivity index is 2.53. The topological polar surface area (TPSA) is 41.6 Å². The number of hydrogen-bond donors (Lipinski definition) is 1. The average Bonchev–Trinajstić information content (AvgIpc) is 2.68. The lowest BCUT2D eigenvalue weighted by molar-refractivity contribution is 0.544. The molecule has 0 fully saturated rings. The van der Waals surface area contributed by atoms with Crippen molar-refractivity contribution in [2.75, 3.05) is 0 Å². The zero-order valence-corrected chi connectivity index (χ0v) is 11.2. The van der Waals surface area contributed by atoms with Crippen LogP contribution in [0.3, 0.4) is 0 Å². The van der Waals surface area contributed by atoms with Gasteiger partial charge in [0.25, 0.3) is 0 Å². The van der Waals surface area contributed by atoms with E-state index in [0.29, 0.717) is 0 Å². The molecule has 2 aromatic rings. The van der Waals surface area contributed by atoms with Gasteiger partial charge in [-0.05, 0) is 34.1 Å². The summed E-state index contributed by atoms with van der Waals surface area (Å²) in [5, 5.41) is 0. The second-order valence-corrected chi connectivity index (χ2v) is 5.55. The Labute approximate surface area is 103 Å². The molecule has 1 N–H and O–H groups in total. The van der Waals surface area contributed by atoms with Crippen LogP contribution in [0.2, 0.25) is 0 Å². The van der Waals surface area contributed by atoms with Gasteiger partial charge in [-0.25, -0.2) is 9.97 Å². The Morgan fingerprint density at radius 3 is 2.56 bits per heavy atom. The first-order valence-electron chi connectivity index (χ1n) is 5.15. The summed E-state index contributed by atoms with van der Waals surface area (Å²) in [6.07, 6.45) is 1.89. The predicted octanol–water partition coefficient (Wildman–Crippen LogP) is 3.53. The molecule has 0 amide bonds. The molecule has 2 rings (SSSR count). The first kappa shape index (κ1) is 11.3. The van der Waals surface area contributed by atoms with Crippen LogP contribution in [-0.2, 0) is 5.41 Å². The van der Waals surface area contributed by atoms with E-state index in [1.54, 1.807) is 0 Å². The molecular weight excluding hydrogens is 266 g/mol. The third-order valence-electron chi connectivity index (χ3n) is 2.24. The molecule has 3 nitrogen and oxygen atoms in total. The Kier molecular flexibility index (Phi) is 2.84. The lowest BCUT2D eigenvalue weighted by Gasteiger charge is -2.17. The van der Waals surface area contributed by atoms with Crippen molar-refractivity contribution in [3.63, 3.8) is 0 Å². The number of nitrogens with one attached hydrogen (secondary N) is 1. The number of aromatic amines is 1. The van der Waals surface area contributed by atoms with E-state index in [-0.39, 0.29) is 5.41 Å². The highest BCUT2D eigenvalue weighted by Gasteiger charge is 2.19. The van der Waals surface area contributed by atoms with Crippen LogP contribution in [0.4, 0.5) is 0 Å². The summed E-state index contributed by atoms with van der Waals surface area (Å²) >= 11 is 3.43. The van der Waals surface area contributed by atoms with Crippen molar-refractivity contribution in [3.05, 3.63) is 34.8 Å². The first-order chi connectivity index (χ1) is 7.47. The lowest BCUT2D eigenvalue weighted by Crippen LogP contribution is -2.16. The van der Waals surface area contributed by atoms with E-state index in [1.165, 1.54) is 0 Å². The maximum Gasteiger partial charge on any atom is 0.135 e. The summed E-state index contributed by atoms with van der Waals surface area (Å²) in [5.41, 5.74) is 1.87. The molecule has 84 valence electrons. The van der Waals surface area contributed by atoms with Gasteiger partial charge in [0.15, 0.2) is 0 Å². The van der Waals surface area contributed by atoms with Crippen LogP contribution in [0.25, 0.3) is 11.4 Å². The second-order valence-electron chi connectivity index (χ2n) is 4.73. The van der Waals surface area contributed by atoms with Crippen molar-refractivity contribution in [3.8, 4) is 11.4 Å². The number of aromatic nitrogens is 3. The lowest BCUT2D eigenvalue weighted by atomic mass is 9.95. The van der Waals surface area contributed by atoms with Gasteiger partial charge in [-0.3, -0.25) is 0 Å². The highest BCUT2D eigenvalue weighted by atomic mass is 79.9. The number of nitrogens with zero attached hydrogens (tertiary/aromatic N) is 2. The third-order valence-corrected chi connectivity index (χ3v) is 2.65. The monoisotopic (exact) mass is 279 g/mol. The molecule has 0 aliphatic rings. The van der Waals surface area contributed by atoms with Gasteiger partial charge in [-0.1, -0.05) is 20.8 Å². The molecule has 0 aromatic carbocycles. The maximum atomic E-state index is 4.57. The van der Waals surface area contributed by atoms with Gasteiger partial charge >= 0.3 is 0 Å². The molecule has 0 atom stereocenters.